The molecule has 0 unspecified atom stereocenters. The van der Waals surface area contributed by atoms with Gasteiger partial charge in [0, 0.05) is 24.8 Å². The SMILES string of the molecule is O=C(Nc1cccc(O)c1)c1cc(S(=O)(=O)N2CCOCC2)c(Cl)cc1Cl. The van der Waals surface area contributed by atoms with Gasteiger partial charge in [-0.05, 0) is 24.3 Å². The number of halogens is 2. The Balaban J connectivity index is 1.95. The lowest BCUT2D eigenvalue weighted by molar-refractivity contribution is 0.0730. The smallest absolute Gasteiger partial charge is 0.257 e. The number of amides is 1. The first-order valence-electron chi connectivity index (χ1n) is 7.96. The van der Waals surface area contributed by atoms with E-state index in [0.29, 0.717) is 5.69 Å². The van der Waals surface area contributed by atoms with Crippen LogP contribution in [0.25, 0.3) is 0 Å². The normalized spacial score (nSPS) is 15.5. The third-order valence-electron chi connectivity index (χ3n) is 3.96. The molecule has 10 heteroatoms. The molecule has 1 aliphatic rings. The quantitative estimate of drug-likeness (QED) is 0.776. The maximum Gasteiger partial charge on any atom is 0.257 e. The Morgan fingerprint density at radius 2 is 1.81 bits per heavy atom. The van der Waals surface area contributed by atoms with E-state index in [4.69, 9.17) is 27.9 Å². The number of phenols is 1. The first-order chi connectivity index (χ1) is 12.8. The fourth-order valence-electron chi connectivity index (χ4n) is 2.61. The molecule has 1 amide bonds. The zero-order valence-electron chi connectivity index (χ0n) is 14.0. The highest BCUT2D eigenvalue weighted by molar-refractivity contribution is 7.89. The van der Waals surface area contributed by atoms with E-state index < -0.39 is 15.9 Å². The Kier molecular flexibility index (Phi) is 5.92. The molecule has 1 heterocycles. The Hall–Kier alpha value is -1.84. The summed E-state index contributed by atoms with van der Waals surface area (Å²) in [5.74, 6) is -0.647. The number of aromatic hydroxyl groups is 1. The minimum atomic E-state index is -3.90. The minimum Gasteiger partial charge on any atom is -0.508 e. The van der Waals surface area contributed by atoms with Gasteiger partial charge in [0.05, 0.1) is 28.8 Å². The predicted molar refractivity (Wildman–Crippen MR) is 102 cm³/mol. The molecule has 1 aliphatic heterocycles. The molecular weight excluding hydrogens is 415 g/mol. The summed E-state index contributed by atoms with van der Waals surface area (Å²) in [6.07, 6.45) is 0. The second-order valence-electron chi connectivity index (χ2n) is 5.78. The molecule has 0 aromatic heterocycles. The molecule has 1 saturated heterocycles. The number of carbonyl (C=O) groups is 1. The van der Waals surface area contributed by atoms with E-state index in [1.807, 2.05) is 0 Å². The van der Waals surface area contributed by atoms with Gasteiger partial charge in [-0.2, -0.15) is 4.31 Å². The van der Waals surface area contributed by atoms with E-state index in [1.165, 1.54) is 22.5 Å². The summed E-state index contributed by atoms with van der Waals surface area (Å²) in [5.41, 5.74) is 0.292. The van der Waals surface area contributed by atoms with Gasteiger partial charge in [0.1, 0.15) is 10.6 Å². The van der Waals surface area contributed by atoms with Crippen molar-refractivity contribution in [3.63, 3.8) is 0 Å². The van der Waals surface area contributed by atoms with Crippen LogP contribution in [0.5, 0.6) is 5.75 Å². The highest BCUT2D eigenvalue weighted by Gasteiger charge is 2.30. The maximum atomic E-state index is 12.9. The molecule has 1 fully saturated rings. The number of hydrogen-bond donors (Lipinski definition) is 2. The predicted octanol–water partition coefficient (Wildman–Crippen LogP) is 2.97. The molecule has 2 aromatic rings. The van der Waals surface area contributed by atoms with Crippen LogP contribution in [0.3, 0.4) is 0 Å². The Bertz CT molecular complexity index is 975. The lowest BCUT2D eigenvalue weighted by atomic mass is 10.2. The van der Waals surface area contributed by atoms with Crippen LogP contribution < -0.4 is 5.32 Å². The number of phenolic OH excluding ortho intramolecular Hbond substituents is 1. The van der Waals surface area contributed by atoms with Crippen molar-refractivity contribution in [3.05, 3.63) is 52.0 Å². The number of benzene rings is 2. The van der Waals surface area contributed by atoms with E-state index in [9.17, 15) is 18.3 Å². The molecule has 0 atom stereocenters. The van der Waals surface area contributed by atoms with E-state index >= 15 is 0 Å². The van der Waals surface area contributed by atoms with Gasteiger partial charge in [0.2, 0.25) is 10.0 Å². The number of hydrogen-bond acceptors (Lipinski definition) is 5. The number of nitrogens with one attached hydrogen (secondary N) is 1. The molecule has 0 spiro atoms. The van der Waals surface area contributed by atoms with Gasteiger partial charge in [-0.1, -0.05) is 29.3 Å². The summed E-state index contributed by atoms with van der Waals surface area (Å²) < 4.78 is 32.2. The van der Waals surface area contributed by atoms with Crippen LogP contribution in [-0.4, -0.2) is 50.0 Å². The van der Waals surface area contributed by atoms with Crippen LogP contribution in [0.2, 0.25) is 10.0 Å². The van der Waals surface area contributed by atoms with Gasteiger partial charge in [-0.15, -0.1) is 0 Å². The fraction of sp³-hybridized carbons (Fsp3) is 0.235. The molecule has 27 heavy (non-hydrogen) atoms. The number of rotatable bonds is 4. The number of carbonyl (C=O) groups excluding carboxylic acids is 1. The van der Waals surface area contributed by atoms with Crippen LogP contribution >= 0.6 is 23.2 Å². The summed E-state index contributed by atoms with van der Waals surface area (Å²) >= 11 is 12.2. The highest BCUT2D eigenvalue weighted by Crippen LogP contribution is 2.31. The first kappa shape index (κ1) is 19.9. The van der Waals surface area contributed by atoms with Gasteiger partial charge >= 0.3 is 0 Å². The minimum absolute atomic E-state index is 0.0126. The van der Waals surface area contributed by atoms with Crippen molar-refractivity contribution in [3.8, 4) is 5.75 Å². The molecule has 144 valence electrons. The molecule has 2 aromatic carbocycles. The Morgan fingerprint density at radius 3 is 2.48 bits per heavy atom. The molecule has 0 saturated carbocycles. The largest absolute Gasteiger partial charge is 0.508 e. The maximum absolute atomic E-state index is 12.9. The molecule has 0 bridgehead atoms. The molecule has 3 rings (SSSR count). The number of nitrogens with zero attached hydrogens (tertiary/aromatic N) is 1. The number of morpholine rings is 1. The second kappa shape index (κ2) is 8.04. The second-order valence-corrected chi connectivity index (χ2v) is 8.50. The summed E-state index contributed by atoms with van der Waals surface area (Å²) in [6, 6.07) is 8.34. The average molecular weight is 431 g/mol. The van der Waals surface area contributed by atoms with Crippen LogP contribution in [0.1, 0.15) is 10.4 Å². The zero-order chi connectivity index (χ0) is 19.6. The molecule has 0 radical (unpaired) electrons. The topological polar surface area (TPSA) is 95.9 Å². The summed E-state index contributed by atoms with van der Waals surface area (Å²) in [4.78, 5) is 12.4. The Morgan fingerprint density at radius 1 is 1.11 bits per heavy atom. The zero-order valence-corrected chi connectivity index (χ0v) is 16.3. The van der Waals surface area contributed by atoms with Crippen molar-refractivity contribution in [2.45, 2.75) is 4.90 Å². The monoisotopic (exact) mass is 430 g/mol. The van der Waals surface area contributed by atoms with Crippen molar-refractivity contribution < 1.29 is 23.1 Å². The number of sulfonamides is 1. The van der Waals surface area contributed by atoms with Gasteiger partial charge in [-0.3, -0.25) is 4.79 Å². The fourth-order valence-corrected chi connectivity index (χ4v) is 4.85. The van der Waals surface area contributed by atoms with Crippen LogP contribution in [0, 0.1) is 0 Å². The Labute approximate surface area is 166 Å². The van der Waals surface area contributed by atoms with E-state index in [-0.39, 0.29) is 52.6 Å². The average Bonchev–Trinajstić information content (AvgIpc) is 2.62. The van der Waals surface area contributed by atoms with Crippen molar-refractivity contribution >= 4 is 44.8 Å². The van der Waals surface area contributed by atoms with Crippen LogP contribution in [0.15, 0.2) is 41.3 Å². The highest BCUT2D eigenvalue weighted by atomic mass is 35.5. The lowest BCUT2D eigenvalue weighted by Crippen LogP contribution is -2.40. The van der Waals surface area contributed by atoms with Gasteiger partial charge in [-0.25, -0.2) is 8.42 Å². The van der Waals surface area contributed by atoms with Crippen molar-refractivity contribution in [2.75, 3.05) is 31.6 Å². The van der Waals surface area contributed by atoms with Crippen molar-refractivity contribution in [2.24, 2.45) is 0 Å². The van der Waals surface area contributed by atoms with Gasteiger partial charge in [0.15, 0.2) is 0 Å². The van der Waals surface area contributed by atoms with Crippen LogP contribution in [0.4, 0.5) is 5.69 Å². The lowest BCUT2D eigenvalue weighted by Gasteiger charge is -2.26. The third kappa shape index (κ3) is 4.36. The standard InChI is InChI=1S/C17H16Cl2N2O5S/c18-14-10-15(19)16(27(24,25)21-4-6-26-7-5-21)9-13(14)17(23)20-11-2-1-3-12(22)8-11/h1-3,8-10,22H,4-7H2,(H,20,23). The van der Waals surface area contributed by atoms with E-state index in [2.05, 4.69) is 5.32 Å². The van der Waals surface area contributed by atoms with Gasteiger partial charge < -0.3 is 15.2 Å². The molecule has 2 N–H and O–H groups in total. The van der Waals surface area contributed by atoms with E-state index in [0.717, 1.165) is 6.07 Å². The number of anilines is 1. The molecule has 7 nitrogen and oxygen atoms in total. The first-order valence-corrected chi connectivity index (χ1v) is 10.2. The summed E-state index contributed by atoms with van der Waals surface area (Å²) in [5, 5.41) is 12.0. The number of ether oxygens (including phenoxy) is 1. The van der Waals surface area contributed by atoms with Crippen LogP contribution in [-0.2, 0) is 14.8 Å². The molecular formula is C17H16Cl2N2O5S. The third-order valence-corrected chi connectivity index (χ3v) is 6.63. The summed E-state index contributed by atoms with van der Waals surface area (Å²) in [7, 11) is -3.90. The molecule has 0 aliphatic carbocycles. The summed E-state index contributed by atoms with van der Waals surface area (Å²) in [6.45, 7) is 0.975. The van der Waals surface area contributed by atoms with E-state index in [1.54, 1.807) is 12.1 Å². The van der Waals surface area contributed by atoms with Crippen molar-refractivity contribution in [1.82, 2.24) is 4.31 Å². The van der Waals surface area contributed by atoms with Gasteiger partial charge in [0.25, 0.3) is 5.91 Å². The van der Waals surface area contributed by atoms with Crippen molar-refractivity contribution in [1.29, 1.82) is 0 Å².